The number of nitrogens with one attached hydrogen (secondary N) is 1. The average Bonchev–Trinajstić information content (AvgIpc) is 3.10. The van der Waals surface area contributed by atoms with Gasteiger partial charge >= 0.3 is 0 Å². The zero-order valence-electron chi connectivity index (χ0n) is 17.3. The molecule has 29 heavy (non-hydrogen) atoms. The highest BCUT2D eigenvalue weighted by Gasteiger charge is 2.24. The largest absolute Gasteiger partial charge is 0.479 e. The summed E-state index contributed by atoms with van der Waals surface area (Å²) < 4.78 is 6.65. The van der Waals surface area contributed by atoms with Crippen molar-refractivity contribution in [2.75, 3.05) is 33.8 Å². The summed E-state index contributed by atoms with van der Waals surface area (Å²) in [6.07, 6.45) is 3.41. The molecule has 3 rings (SSSR count). The second-order valence-corrected chi connectivity index (χ2v) is 7.49. The smallest absolute Gasteiger partial charge is 0.261 e. The molecular formula is C21H29N5O3. The van der Waals surface area contributed by atoms with E-state index in [4.69, 9.17) is 4.74 Å². The Morgan fingerprint density at radius 1 is 1.24 bits per heavy atom. The summed E-state index contributed by atoms with van der Waals surface area (Å²) in [5.74, 6) is -0.177. The minimum atomic E-state index is -0.289. The number of amides is 2. The van der Waals surface area contributed by atoms with Gasteiger partial charge in [-0.15, -0.1) is 5.10 Å². The van der Waals surface area contributed by atoms with E-state index in [0.717, 1.165) is 32.5 Å². The maximum atomic E-state index is 12.6. The highest BCUT2D eigenvalue weighted by atomic mass is 16.5. The molecule has 1 aromatic carbocycles. The molecule has 8 nitrogen and oxygen atoms in total. The van der Waals surface area contributed by atoms with E-state index in [1.807, 2.05) is 6.07 Å². The molecule has 1 aliphatic heterocycles. The minimum Gasteiger partial charge on any atom is -0.479 e. The second-order valence-electron chi connectivity index (χ2n) is 7.49. The predicted molar refractivity (Wildman–Crippen MR) is 110 cm³/mol. The van der Waals surface area contributed by atoms with Crippen molar-refractivity contribution in [2.45, 2.75) is 25.4 Å². The number of hydrogen-bond donors (Lipinski definition) is 1. The van der Waals surface area contributed by atoms with Gasteiger partial charge in [-0.3, -0.25) is 19.2 Å². The van der Waals surface area contributed by atoms with Crippen LogP contribution < -0.4 is 10.1 Å². The third-order valence-corrected chi connectivity index (χ3v) is 5.15. The Balaban J connectivity index is 1.44. The number of likely N-dealkylation sites (N-methyl/N-ethyl adjacent to an activating group) is 1. The van der Waals surface area contributed by atoms with Crippen LogP contribution in [0.4, 0.5) is 0 Å². The van der Waals surface area contributed by atoms with Crippen molar-refractivity contribution in [1.29, 1.82) is 0 Å². The monoisotopic (exact) mass is 399 g/mol. The van der Waals surface area contributed by atoms with Gasteiger partial charge in [0.15, 0.2) is 0 Å². The minimum absolute atomic E-state index is 0.00110. The van der Waals surface area contributed by atoms with Crippen LogP contribution in [-0.4, -0.2) is 71.2 Å². The average molecular weight is 399 g/mol. The van der Waals surface area contributed by atoms with Crippen LogP contribution in [0, 0.1) is 0 Å². The molecule has 0 atom stereocenters. The molecule has 8 heteroatoms. The first-order valence-corrected chi connectivity index (χ1v) is 9.85. The van der Waals surface area contributed by atoms with E-state index in [9.17, 15) is 9.59 Å². The molecule has 0 spiro atoms. The van der Waals surface area contributed by atoms with Gasteiger partial charge < -0.3 is 15.0 Å². The maximum Gasteiger partial charge on any atom is 0.261 e. The number of aryl methyl sites for hydroxylation is 1. The van der Waals surface area contributed by atoms with E-state index in [-0.39, 0.29) is 30.3 Å². The number of rotatable bonds is 7. The van der Waals surface area contributed by atoms with E-state index in [1.54, 1.807) is 20.3 Å². The Bertz CT molecular complexity index is 828. The lowest BCUT2D eigenvalue weighted by Crippen LogP contribution is -2.47. The van der Waals surface area contributed by atoms with E-state index >= 15 is 0 Å². The van der Waals surface area contributed by atoms with Gasteiger partial charge in [-0.1, -0.05) is 30.3 Å². The molecule has 0 unspecified atom stereocenters. The van der Waals surface area contributed by atoms with Crippen molar-refractivity contribution in [1.82, 2.24) is 24.9 Å². The van der Waals surface area contributed by atoms with Crippen LogP contribution in [0.2, 0.25) is 0 Å². The highest BCUT2D eigenvalue weighted by molar-refractivity contribution is 5.98. The fraction of sp³-hybridized carbons (Fsp3) is 0.476. The van der Waals surface area contributed by atoms with Gasteiger partial charge in [-0.05, 0) is 18.4 Å². The zero-order chi connectivity index (χ0) is 20.8. The Morgan fingerprint density at radius 3 is 2.59 bits per heavy atom. The van der Waals surface area contributed by atoms with Crippen LogP contribution in [0.25, 0.3) is 0 Å². The Morgan fingerprint density at radius 2 is 1.93 bits per heavy atom. The first kappa shape index (κ1) is 20.9. The molecule has 2 aromatic rings. The molecule has 2 amide bonds. The fourth-order valence-corrected chi connectivity index (χ4v) is 3.61. The molecule has 0 bridgehead atoms. The van der Waals surface area contributed by atoms with Gasteiger partial charge in [0.2, 0.25) is 11.8 Å². The number of likely N-dealkylation sites (tertiary alicyclic amines) is 1. The van der Waals surface area contributed by atoms with Crippen LogP contribution in [-0.2, 0) is 18.4 Å². The lowest BCUT2D eigenvalue weighted by atomic mass is 10.0. The number of nitrogens with zero attached hydrogens (tertiary/aromatic N) is 4. The van der Waals surface area contributed by atoms with Crippen molar-refractivity contribution in [3.63, 3.8) is 0 Å². The highest BCUT2D eigenvalue weighted by Crippen LogP contribution is 2.17. The van der Waals surface area contributed by atoms with Gasteiger partial charge in [0.1, 0.15) is 5.56 Å². The quantitative estimate of drug-likeness (QED) is 0.759. The van der Waals surface area contributed by atoms with Crippen molar-refractivity contribution in [2.24, 2.45) is 7.05 Å². The SMILES string of the molecule is COc1nn(C)cc1C(=O)N(C)CC(=O)NC1CCN(Cc2ccccc2)CC1. The van der Waals surface area contributed by atoms with E-state index in [0.29, 0.717) is 5.56 Å². The fourth-order valence-electron chi connectivity index (χ4n) is 3.61. The topological polar surface area (TPSA) is 79.7 Å². The van der Waals surface area contributed by atoms with Gasteiger partial charge in [0.05, 0.1) is 13.7 Å². The summed E-state index contributed by atoms with van der Waals surface area (Å²) in [5.41, 5.74) is 1.65. The number of methoxy groups -OCH3 is 1. The molecule has 1 saturated heterocycles. The Labute approximate surface area is 171 Å². The van der Waals surface area contributed by atoms with Gasteiger partial charge in [-0.25, -0.2) is 0 Å². The molecule has 2 heterocycles. The molecule has 1 N–H and O–H groups in total. The number of benzene rings is 1. The lowest BCUT2D eigenvalue weighted by Gasteiger charge is -2.32. The standard InChI is InChI=1S/C21H29N5O3/c1-24(21(28)18-14-25(2)23-20(18)29-3)15-19(27)22-17-9-11-26(12-10-17)13-16-7-5-4-6-8-16/h4-8,14,17H,9-13,15H2,1-3H3,(H,22,27). The normalized spacial score (nSPS) is 15.1. The second kappa shape index (κ2) is 9.56. The summed E-state index contributed by atoms with van der Waals surface area (Å²) in [6.45, 7) is 2.83. The number of hydrogen-bond acceptors (Lipinski definition) is 5. The summed E-state index contributed by atoms with van der Waals surface area (Å²) in [5, 5.41) is 7.15. The number of carbonyl (C=O) groups excluding carboxylic acids is 2. The summed E-state index contributed by atoms with van der Waals surface area (Å²) in [7, 11) is 4.79. The molecule has 156 valence electrons. The van der Waals surface area contributed by atoms with E-state index in [2.05, 4.69) is 39.6 Å². The molecule has 0 saturated carbocycles. The van der Waals surface area contributed by atoms with Crippen LogP contribution in [0.3, 0.4) is 0 Å². The first-order valence-electron chi connectivity index (χ1n) is 9.85. The van der Waals surface area contributed by atoms with Crippen LogP contribution in [0.1, 0.15) is 28.8 Å². The Hall–Kier alpha value is -2.87. The van der Waals surface area contributed by atoms with Crippen LogP contribution in [0.15, 0.2) is 36.5 Å². The van der Waals surface area contributed by atoms with Crippen LogP contribution in [0.5, 0.6) is 5.88 Å². The molecule has 1 fully saturated rings. The Kier molecular flexibility index (Phi) is 6.87. The number of piperidine rings is 1. The van der Waals surface area contributed by atoms with Crippen LogP contribution >= 0.6 is 0 Å². The lowest BCUT2D eigenvalue weighted by molar-refractivity contribution is -0.122. The van der Waals surface area contributed by atoms with E-state index < -0.39 is 0 Å². The molecule has 1 aromatic heterocycles. The van der Waals surface area contributed by atoms with Gasteiger partial charge in [0.25, 0.3) is 5.91 Å². The summed E-state index contributed by atoms with van der Waals surface area (Å²) >= 11 is 0. The number of ether oxygens (including phenoxy) is 1. The van der Waals surface area contributed by atoms with Crippen molar-refractivity contribution in [3.8, 4) is 5.88 Å². The van der Waals surface area contributed by atoms with Gasteiger partial charge in [0, 0.05) is 46.0 Å². The number of aromatic nitrogens is 2. The van der Waals surface area contributed by atoms with Crippen molar-refractivity contribution < 1.29 is 14.3 Å². The third-order valence-electron chi connectivity index (χ3n) is 5.15. The summed E-state index contributed by atoms with van der Waals surface area (Å²) in [4.78, 5) is 28.8. The summed E-state index contributed by atoms with van der Waals surface area (Å²) in [6, 6.07) is 10.6. The molecule has 1 aliphatic rings. The van der Waals surface area contributed by atoms with Gasteiger partial charge in [-0.2, -0.15) is 0 Å². The predicted octanol–water partition coefficient (Wildman–Crippen LogP) is 1.28. The third kappa shape index (κ3) is 5.57. The van der Waals surface area contributed by atoms with E-state index in [1.165, 1.54) is 22.3 Å². The first-order chi connectivity index (χ1) is 14.0. The molecule has 0 radical (unpaired) electrons. The molecule has 0 aliphatic carbocycles. The number of carbonyl (C=O) groups is 2. The molecular weight excluding hydrogens is 370 g/mol. The maximum absolute atomic E-state index is 12.6. The zero-order valence-corrected chi connectivity index (χ0v) is 17.3. The van der Waals surface area contributed by atoms with Crippen molar-refractivity contribution >= 4 is 11.8 Å². The van der Waals surface area contributed by atoms with Crippen molar-refractivity contribution in [3.05, 3.63) is 47.7 Å².